The van der Waals surface area contributed by atoms with Crippen LogP contribution in [0.4, 0.5) is 17.5 Å². The van der Waals surface area contributed by atoms with Crippen molar-refractivity contribution in [2.24, 2.45) is 21.1 Å². The summed E-state index contributed by atoms with van der Waals surface area (Å²) >= 11 is 0. The quantitative estimate of drug-likeness (QED) is 0.145. The summed E-state index contributed by atoms with van der Waals surface area (Å²) in [6, 6.07) is 16.2. The lowest BCUT2D eigenvalue weighted by molar-refractivity contribution is -0.658. The van der Waals surface area contributed by atoms with Crippen LogP contribution in [0, 0.1) is 62.0 Å². The minimum absolute atomic E-state index is 0.00377. The summed E-state index contributed by atoms with van der Waals surface area (Å²) in [5, 5.41) is 5.20. The normalized spacial score (nSPS) is 17.9. The zero-order chi connectivity index (χ0) is 66.1. The summed E-state index contributed by atoms with van der Waals surface area (Å²) in [7, 11) is 5.67. The Morgan fingerprint density at radius 1 is 0.453 bits per heavy atom. The molecule has 0 fully saturated rings. The molecule has 0 radical (unpaired) electrons. The first-order chi connectivity index (χ1) is 41.6. The highest BCUT2D eigenvalue weighted by atomic mass is 16.3. The van der Waals surface area contributed by atoms with Gasteiger partial charge in [-0.3, -0.25) is 14.4 Å². The molecule has 75 heavy (non-hydrogen) atoms. The monoisotopic (exact) mass is 1010 g/mol. The topological polar surface area (TPSA) is 99.5 Å². The third kappa shape index (κ3) is 8.93. The third-order valence-corrected chi connectivity index (χ3v) is 14.5. The van der Waals surface area contributed by atoms with Crippen molar-refractivity contribution in [1.82, 2.24) is 15.0 Å². The van der Waals surface area contributed by atoms with Gasteiger partial charge in [0.1, 0.15) is 17.1 Å². The van der Waals surface area contributed by atoms with Crippen LogP contribution in [-0.2, 0) is 21.1 Å². The van der Waals surface area contributed by atoms with Crippen molar-refractivity contribution >= 4 is 106 Å². The maximum Gasteiger partial charge on any atom is 0.402 e. The Morgan fingerprint density at radius 3 is 1.35 bits per heavy atom. The summed E-state index contributed by atoms with van der Waals surface area (Å²) < 4.78 is 139. The lowest BCUT2D eigenvalue weighted by Crippen LogP contribution is -2.50. The predicted octanol–water partition coefficient (Wildman–Crippen LogP) is 6.50. The summed E-state index contributed by atoms with van der Waals surface area (Å²) in [5.74, 6) is 9.00. The fourth-order valence-corrected chi connectivity index (χ4v) is 10.8. The van der Waals surface area contributed by atoms with Gasteiger partial charge in [0.15, 0.2) is 16.2 Å². The average Bonchev–Trinajstić information content (AvgIpc) is 1.55. The van der Waals surface area contributed by atoms with E-state index < -0.39 is 34.3 Å². The SMILES string of the molecule is [2H]C([2H])([2H])c1cc(C)c2c3c(oc2n1)=C(C)N(c1cc(C)c(C([2H])([2H])[2H])c[n+]1C)B(C)C=3.[2H]C([2H])([2H])c1ccc2c3c(oc2n1)=C(C)N(c1cc(C)c(C([2H])([2H])[2H])c[n+]1C)B(C)C=3.[2H]C([2H])([2H])c1ccc2c3c(oc2n1)=C(C)N(c1cc(C)cc[n+]1C)B(C)C=3. The number of anilines is 3. The number of fused-ring (bicyclic) bond motifs is 9. The van der Waals surface area contributed by atoms with Gasteiger partial charge in [0, 0.05) is 82.3 Å². The molecule has 0 atom stereocenters. The van der Waals surface area contributed by atoms with Crippen molar-refractivity contribution < 1.29 is 47.5 Å². The molecule has 0 saturated heterocycles. The van der Waals surface area contributed by atoms with E-state index in [4.69, 9.17) is 33.8 Å². The van der Waals surface area contributed by atoms with Gasteiger partial charge in [-0.1, -0.05) is 17.9 Å². The van der Waals surface area contributed by atoms with Crippen LogP contribution in [0.25, 0.3) is 68.3 Å². The van der Waals surface area contributed by atoms with Gasteiger partial charge in [-0.25, -0.2) is 28.7 Å². The molecule has 0 aromatic carbocycles. The molecule has 378 valence electrons. The van der Waals surface area contributed by atoms with Gasteiger partial charge in [0.2, 0.25) is 17.1 Å². The van der Waals surface area contributed by atoms with E-state index in [-0.39, 0.29) is 37.6 Å². The van der Waals surface area contributed by atoms with Crippen LogP contribution < -0.4 is 60.0 Å². The van der Waals surface area contributed by atoms with E-state index in [2.05, 4.69) is 84.6 Å². The molecule has 9 aromatic heterocycles. The molecular weight excluding hydrogens is 927 g/mol. The van der Waals surface area contributed by atoms with Crippen LogP contribution in [0.1, 0.15) is 91.8 Å². The van der Waals surface area contributed by atoms with E-state index in [0.717, 1.165) is 77.3 Å². The first-order valence-electron chi connectivity index (χ1n) is 32.4. The Balaban J connectivity index is 0.000000149. The Kier molecular flexibility index (Phi) is 9.11. The van der Waals surface area contributed by atoms with Gasteiger partial charge in [-0.15, -0.1) is 0 Å². The molecule has 3 aliphatic heterocycles. The molecule has 15 heteroatoms. The summed E-state index contributed by atoms with van der Waals surface area (Å²) in [6.45, 7) is 8.46. The largest absolute Gasteiger partial charge is 0.434 e. The van der Waals surface area contributed by atoms with Crippen LogP contribution in [0.2, 0.25) is 20.5 Å². The summed E-state index contributed by atoms with van der Waals surface area (Å²) in [4.78, 5) is 19.2. The lowest BCUT2D eigenvalue weighted by atomic mass is 9.60. The molecule has 3 aliphatic rings. The average molecular weight is 1010 g/mol. The molecule has 0 saturated carbocycles. The molecule has 0 bridgehead atoms. The number of furan rings is 3. The Labute approximate surface area is 462 Å². The zero-order valence-electron chi connectivity index (χ0n) is 59.6. The first-order valence-corrected chi connectivity index (χ1v) is 24.9. The second-order valence-electron chi connectivity index (χ2n) is 20.1. The molecule has 0 spiro atoms. The fraction of sp³-hybridized carbons (Fsp3) is 0.300. The minimum atomic E-state index is -2.32. The highest BCUT2D eigenvalue weighted by Crippen LogP contribution is 2.26. The second-order valence-corrected chi connectivity index (χ2v) is 20.1. The smallest absolute Gasteiger partial charge is 0.402 e. The zero-order valence-corrected chi connectivity index (χ0v) is 44.6. The van der Waals surface area contributed by atoms with Gasteiger partial charge < -0.3 is 13.3 Å². The molecule has 12 heterocycles. The number of hydrogen-bond acceptors (Lipinski definition) is 9. The van der Waals surface area contributed by atoms with Crippen molar-refractivity contribution in [3.05, 3.63) is 156 Å². The molecule has 0 amide bonds. The standard InChI is InChI=1S/C21H25BN3O.C20H23BN3O.C19H21BN3O/c1-12-9-18(24(7)11-14(12)3)25-16(5)20-17(10-22(25)6)19-13(2)8-15(4)23-21(19)26-20;1-12-9-18(23(6)11-13(12)2)24-15(4)19-17(10-21(24)5)16-8-7-14(3)22-20(16)25-19;1-12-8-9-22(5)17(10-12)23-14(3)18-16(11-20(23)4)15-7-6-13(2)21-19(15)24-18/h8-11H,1-7H3;7-11H,1-6H3;6-11H,1-5H3/q3*+1/i3D3,4D3;2D3,3D3;2D3. The van der Waals surface area contributed by atoms with Crippen LogP contribution in [-0.4, -0.2) is 35.5 Å². The molecule has 0 aliphatic carbocycles. The van der Waals surface area contributed by atoms with Crippen molar-refractivity contribution in [3.63, 3.8) is 0 Å². The van der Waals surface area contributed by atoms with Crippen LogP contribution >= 0.6 is 0 Å². The summed E-state index contributed by atoms with van der Waals surface area (Å²) in [6.07, 6.45) is 5.35. The summed E-state index contributed by atoms with van der Waals surface area (Å²) in [5.41, 5.74) is 9.69. The van der Waals surface area contributed by atoms with Gasteiger partial charge in [-0.2, -0.15) is 0 Å². The van der Waals surface area contributed by atoms with E-state index >= 15 is 0 Å². The van der Waals surface area contributed by atoms with E-state index in [0.29, 0.717) is 50.2 Å². The molecule has 0 N–H and O–H groups in total. The molecule has 0 unspecified atom stereocenters. The highest BCUT2D eigenvalue weighted by molar-refractivity contribution is 6.78. The molecule has 9 aromatic rings. The number of hydrogen-bond donors (Lipinski definition) is 0. The first kappa shape index (κ1) is 35.5. The number of aromatic nitrogens is 6. The van der Waals surface area contributed by atoms with Gasteiger partial charge in [0.25, 0.3) is 17.5 Å². The number of aryl methyl sites for hydroxylation is 12. The Morgan fingerprint density at radius 2 is 0.880 bits per heavy atom. The van der Waals surface area contributed by atoms with Crippen molar-refractivity contribution in [3.8, 4) is 0 Å². The lowest BCUT2D eigenvalue weighted by Gasteiger charge is -2.24. The maximum atomic E-state index is 7.78. The van der Waals surface area contributed by atoms with Gasteiger partial charge >= 0.3 is 20.5 Å². The fourth-order valence-electron chi connectivity index (χ4n) is 10.8. The van der Waals surface area contributed by atoms with E-state index in [9.17, 15) is 0 Å². The Hall–Kier alpha value is -7.67. The molecule has 12 rings (SSSR count). The maximum absolute atomic E-state index is 7.78. The van der Waals surface area contributed by atoms with Gasteiger partial charge in [-0.05, 0) is 173 Å². The number of rotatable bonds is 3. The predicted molar refractivity (Wildman–Crippen MR) is 308 cm³/mol. The van der Waals surface area contributed by atoms with Gasteiger partial charge in [0.05, 0.1) is 45.1 Å². The van der Waals surface area contributed by atoms with E-state index in [1.54, 1.807) is 55.1 Å². The van der Waals surface area contributed by atoms with Crippen LogP contribution in [0.5, 0.6) is 0 Å². The van der Waals surface area contributed by atoms with Crippen molar-refractivity contribution in [1.29, 1.82) is 0 Å². The van der Waals surface area contributed by atoms with Crippen LogP contribution in [0.15, 0.2) is 86.4 Å². The number of nitrogens with zero attached hydrogens (tertiary/aromatic N) is 9. The highest BCUT2D eigenvalue weighted by Gasteiger charge is 2.37. The van der Waals surface area contributed by atoms with Crippen LogP contribution in [0.3, 0.4) is 0 Å². The Bertz CT molecular complexity index is 4840. The van der Waals surface area contributed by atoms with E-state index in [1.807, 2.05) is 78.6 Å². The third-order valence-electron chi connectivity index (χ3n) is 14.5. The number of pyridine rings is 6. The second kappa shape index (κ2) is 19.2. The molecular formula is C60H69B3N9O3+3. The minimum Gasteiger partial charge on any atom is -0.434 e. The van der Waals surface area contributed by atoms with Crippen molar-refractivity contribution in [2.75, 3.05) is 14.4 Å². The molecule has 12 nitrogen and oxygen atoms in total. The van der Waals surface area contributed by atoms with E-state index in [1.165, 1.54) is 11.6 Å². The van der Waals surface area contributed by atoms with Crippen molar-refractivity contribution in [2.45, 2.75) is 103 Å².